The summed E-state index contributed by atoms with van der Waals surface area (Å²) in [7, 11) is 3.66. The molecule has 21 heavy (non-hydrogen) atoms. The molecule has 4 nitrogen and oxygen atoms in total. The summed E-state index contributed by atoms with van der Waals surface area (Å²) >= 11 is 0. The van der Waals surface area contributed by atoms with Crippen LogP contribution in [0.2, 0.25) is 0 Å². The van der Waals surface area contributed by atoms with E-state index in [1.807, 2.05) is 19.0 Å². The summed E-state index contributed by atoms with van der Waals surface area (Å²) in [5.41, 5.74) is 2.75. The molecule has 2 aliphatic heterocycles. The second-order valence-corrected chi connectivity index (χ2v) is 6.48. The van der Waals surface area contributed by atoms with Gasteiger partial charge in [0, 0.05) is 26.3 Å². The summed E-state index contributed by atoms with van der Waals surface area (Å²) in [6.07, 6.45) is 4.61. The number of urea groups is 1. The summed E-state index contributed by atoms with van der Waals surface area (Å²) in [6.45, 7) is 2.98. The SMILES string of the molecule is CN(C)C(=O)N1CCCC2(CCNCC2)c2ccccc21. The lowest BCUT2D eigenvalue weighted by atomic mass is 9.70. The van der Waals surface area contributed by atoms with Gasteiger partial charge in [0.1, 0.15) is 0 Å². The Morgan fingerprint density at radius 3 is 2.62 bits per heavy atom. The number of para-hydroxylation sites is 1. The normalized spacial score (nSPS) is 20.8. The van der Waals surface area contributed by atoms with Gasteiger partial charge in [-0.25, -0.2) is 4.79 Å². The van der Waals surface area contributed by atoms with Crippen molar-refractivity contribution < 1.29 is 4.79 Å². The van der Waals surface area contributed by atoms with Gasteiger partial charge in [-0.15, -0.1) is 0 Å². The van der Waals surface area contributed by atoms with Crippen molar-refractivity contribution in [2.75, 3.05) is 38.6 Å². The Morgan fingerprint density at radius 2 is 1.90 bits per heavy atom. The van der Waals surface area contributed by atoms with Crippen molar-refractivity contribution in [1.29, 1.82) is 0 Å². The van der Waals surface area contributed by atoms with Crippen molar-refractivity contribution in [1.82, 2.24) is 10.2 Å². The molecule has 0 atom stereocenters. The number of nitrogens with zero attached hydrogens (tertiary/aromatic N) is 2. The molecule has 0 aliphatic carbocycles. The maximum absolute atomic E-state index is 12.5. The van der Waals surface area contributed by atoms with E-state index in [0.717, 1.165) is 31.7 Å². The molecule has 1 fully saturated rings. The van der Waals surface area contributed by atoms with Crippen LogP contribution in [0.15, 0.2) is 24.3 Å². The van der Waals surface area contributed by atoms with Crippen molar-refractivity contribution >= 4 is 11.7 Å². The molecule has 0 radical (unpaired) electrons. The van der Waals surface area contributed by atoms with E-state index in [4.69, 9.17) is 0 Å². The van der Waals surface area contributed by atoms with Gasteiger partial charge in [0.15, 0.2) is 0 Å². The fourth-order valence-electron chi connectivity index (χ4n) is 3.85. The third-order valence-electron chi connectivity index (χ3n) is 4.98. The van der Waals surface area contributed by atoms with Crippen LogP contribution in [0.5, 0.6) is 0 Å². The number of hydrogen-bond donors (Lipinski definition) is 1. The van der Waals surface area contributed by atoms with Gasteiger partial charge in [-0.05, 0) is 55.8 Å². The lowest BCUT2D eigenvalue weighted by molar-refractivity contribution is 0.223. The highest BCUT2D eigenvalue weighted by Gasteiger charge is 2.39. The van der Waals surface area contributed by atoms with Crippen LogP contribution >= 0.6 is 0 Å². The van der Waals surface area contributed by atoms with E-state index in [1.54, 1.807) is 4.90 Å². The van der Waals surface area contributed by atoms with E-state index in [2.05, 4.69) is 29.6 Å². The number of piperidine rings is 1. The fraction of sp³-hybridized carbons (Fsp3) is 0.588. The van der Waals surface area contributed by atoms with Crippen LogP contribution < -0.4 is 10.2 Å². The molecule has 1 aromatic rings. The minimum absolute atomic E-state index is 0.0911. The van der Waals surface area contributed by atoms with Gasteiger partial charge in [-0.1, -0.05) is 18.2 Å². The largest absolute Gasteiger partial charge is 0.330 e. The molecular formula is C17H25N3O. The van der Waals surface area contributed by atoms with E-state index in [1.165, 1.54) is 24.8 Å². The molecule has 1 saturated heterocycles. The number of carbonyl (C=O) groups excluding carboxylic acids is 1. The van der Waals surface area contributed by atoms with Crippen LogP contribution in [0.1, 0.15) is 31.2 Å². The topological polar surface area (TPSA) is 35.6 Å². The maximum atomic E-state index is 12.5. The lowest BCUT2D eigenvalue weighted by Gasteiger charge is -2.38. The molecule has 114 valence electrons. The Kier molecular flexibility index (Phi) is 3.89. The Morgan fingerprint density at radius 1 is 1.19 bits per heavy atom. The second kappa shape index (κ2) is 5.68. The Labute approximate surface area is 127 Å². The number of rotatable bonds is 0. The molecule has 0 unspecified atom stereocenters. The third-order valence-corrected chi connectivity index (χ3v) is 4.98. The second-order valence-electron chi connectivity index (χ2n) is 6.48. The molecule has 0 aromatic heterocycles. The number of carbonyl (C=O) groups is 1. The molecule has 3 rings (SSSR count). The van der Waals surface area contributed by atoms with Crippen molar-refractivity contribution in [3.63, 3.8) is 0 Å². The molecule has 2 amide bonds. The molecule has 2 heterocycles. The maximum Gasteiger partial charge on any atom is 0.323 e. The highest BCUT2D eigenvalue weighted by molar-refractivity contribution is 5.93. The monoisotopic (exact) mass is 287 g/mol. The van der Waals surface area contributed by atoms with Crippen LogP contribution in [0, 0.1) is 0 Å². The average molecular weight is 287 g/mol. The highest BCUT2D eigenvalue weighted by Crippen LogP contribution is 2.44. The van der Waals surface area contributed by atoms with Gasteiger partial charge < -0.3 is 10.2 Å². The minimum Gasteiger partial charge on any atom is -0.330 e. The number of nitrogens with one attached hydrogen (secondary N) is 1. The van der Waals surface area contributed by atoms with Crippen molar-refractivity contribution in [3.8, 4) is 0 Å². The average Bonchev–Trinajstić information content (AvgIpc) is 2.66. The van der Waals surface area contributed by atoms with E-state index in [-0.39, 0.29) is 11.4 Å². The Hall–Kier alpha value is -1.55. The van der Waals surface area contributed by atoms with Crippen molar-refractivity contribution in [2.45, 2.75) is 31.1 Å². The number of fused-ring (bicyclic) bond motifs is 2. The summed E-state index contributed by atoms with van der Waals surface area (Å²) in [6, 6.07) is 8.61. The quantitative estimate of drug-likeness (QED) is 0.796. The number of anilines is 1. The molecule has 1 N–H and O–H groups in total. The third kappa shape index (κ3) is 2.53. The van der Waals surface area contributed by atoms with E-state index in [9.17, 15) is 4.79 Å². The van der Waals surface area contributed by atoms with Gasteiger partial charge >= 0.3 is 6.03 Å². The molecule has 1 aromatic carbocycles. The first-order chi connectivity index (χ1) is 10.1. The predicted molar refractivity (Wildman–Crippen MR) is 85.9 cm³/mol. The smallest absolute Gasteiger partial charge is 0.323 e. The summed E-state index contributed by atoms with van der Waals surface area (Å²) in [4.78, 5) is 16.2. The fourth-order valence-corrected chi connectivity index (χ4v) is 3.85. The van der Waals surface area contributed by atoms with Crippen LogP contribution in [-0.4, -0.2) is 44.7 Å². The Bertz CT molecular complexity index is 521. The summed E-state index contributed by atoms with van der Waals surface area (Å²) in [5.74, 6) is 0. The van der Waals surface area contributed by atoms with Crippen LogP contribution in [0.3, 0.4) is 0 Å². The lowest BCUT2D eigenvalue weighted by Crippen LogP contribution is -2.41. The van der Waals surface area contributed by atoms with E-state index in [0.29, 0.717) is 0 Å². The molecule has 4 heteroatoms. The van der Waals surface area contributed by atoms with Crippen LogP contribution in [0.4, 0.5) is 10.5 Å². The molecule has 0 saturated carbocycles. The van der Waals surface area contributed by atoms with Crippen molar-refractivity contribution in [2.24, 2.45) is 0 Å². The zero-order valence-corrected chi connectivity index (χ0v) is 13.1. The van der Waals surface area contributed by atoms with E-state index >= 15 is 0 Å². The van der Waals surface area contributed by atoms with Gasteiger partial charge in [0.2, 0.25) is 0 Å². The number of benzene rings is 1. The first kappa shape index (κ1) is 14.4. The minimum atomic E-state index is 0.0911. The van der Waals surface area contributed by atoms with Crippen molar-refractivity contribution in [3.05, 3.63) is 29.8 Å². The number of amides is 2. The molecule has 2 aliphatic rings. The van der Waals surface area contributed by atoms with Crippen LogP contribution in [-0.2, 0) is 5.41 Å². The van der Waals surface area contributed by atoms with Gasteiger partial charge in [-0.3, -0.25) is 4.90 Å². The molecule has 1 spiro atoms. The molecular weight excluding hydrogens is 262 g/mol. The highest BCUT2D eigenvalue weighted by atomic mass is 16.2. The molecule has 0 bridgehead atoms. The predicted octanol–water partition coefficient (Wildman–Crippen LogP) is 2.59. The van der Waals surface area contributed by atoms with Gasteiger partial charge in [0.05, 0.1) is 0 Å². The van der Waals surface area contributed by atoms with Gasteiger partial charge in [-0.2, -0.15) is 0 Å². The zero-order chi connectivity index (χ0) is 14.9. The zero-order valence-electron chi connectivity index (χ0n) is 13.1. The standard InChI is InChI=1S/C17H25N3O/c1-19(2)16(21)20-13-5-8-17(9-11-18-12-10-17)14-6-3-4-7-15(14)20/h3-4,6-7,18H,5,8-13H2,1-2H3. The Balaban J connectivity index is 2.05. The van der Waals surface area contributed by atoms with Crippen LogP contribution in [0.25, 0.3) is 0 Å². The first-order valence-electron chi connectivity index (χ1n) is 7.93. The summed E-state index contributed by atoms with van der Waals surface area (Å²) < 4.78 is 0. The summed E-state index contributed by atoms with van der Waals surface area (Å²) in [5, 5.41) is 3.47. The first-order valence-corrected chi connectivity index (χ1v) is 7.93. The van der Waals surface area contributed by atoms with E-state index < -0.39 is 0 Å². The number of hydrogen-bond acceptors (Lipinski definition) is 2. The van der Waals surface area contributed by atoms with Gasteiger partial charge in [0.25, 0.3) is 0 Å².